The maximum absolute atomic E-state index is 6.36. The van der Waals surface area contributed by atoms with Crippen LogP contribution in [0.4, 0.5) is 0 Å². The Labute approximate surface area is 52.2 Å². The van der Waals surface area contributed by atoms with Gasteiger partial charge in [-0.3, -0.25) is 0 Å². The minimum atomic E-state index is 0.560. The monoisotopic (exact) mass is 118 g/mol. The molecule has 3 N–H and O–H groups in total. The molecule has 0 saturated heterocycles. The normalized spacial score (nSPS) is 11.4. The molecule has 0 atom stereocenters. The molecule has 0 aliphatic rings. The molecule has 8 heavy (non-hydrogen) atoms. The minimum absolute atomic E-state index is 0.560. The molecule has 0 fully saturated rings. The lowest BCUT2D eigenvalue weighted by molar-refractivity contribution is 0.282. The number of unbranched alkanes of at least 4 members (excludes halogenated alkanes) is 3. The van der Waals surface area contributed by atoms with Crippen molar-refractivity contribution in [3.63, 3.8) is 0 Å². The molecular weight excluding hydrogens is 102 g/mol. The van der Waals surface area contributed by atoms with Gasteiger partial charge in [0.15, 0.2) is 0 Å². The van der Waals surface area contributed by atoms with Crippen LogP contribution >= 0.6 is 0 Å². The summed E-state index contributed by atoms with van der Waals surface area (Å²) in [6, 6.07) is 0. The zero-order valence-electron chi connectivity index (χ0n) is 6.23. The predicted octanol–water partition coefficient (Wildman–Crippen LogP) is 0.498. The quantitative estimate of drug-likeness (QED) is 0.499. The lowest BCUT2D eigenvalue weighted by Gasteiger charge is -1.93. The first-order valence-corrected chi connectivity index (χ1v) is 3.20. The highest BCUT2D eigenvalue weighted by Gasteiger charge is 1.84. The Kier molecular flexibility index (Phi) is 5.23. The average Bonchev–Trinajstić information content (AvgIpc) is 1.89. The number of rotatable bonds is 6. The molecule has 0 aromatic carbocycles. The summed E-state index contributed by atoms with van der Waals surface area (Å²) in [6.07, 6.45) is 4.39. The van der Waals surface area contributed by atoms with Crippen LogP contribution in [-0.2, 0) is 0 Å². The van der Waals surface area contributed by atoms with Crippen molar-refractivity contribution in [3.8, 4) is 0 Å². The van der Waals surface area contributed by atoms with Gasteiger partial charge in [0.05, 0.1) is 0 Å². The Balaban J connectivity index is 2.60. The summed E-state index contributed by atoms with van der Waals surface area (Å²) in [7, 11) is 0. The van der Waals surface area contributed by atoms with Crippen molar-refractivity contribution in [2.45, 2.75) is 25.7 Å². The highest BCUT2D eigenvalue weighted by atomic mass is 16.2. The lowest BCUT2D eigenvalue weighted by Crippen LogP contribution is -1.97. The highest BCUT2D eigenvalue weighted by Crippen LogP contribution is 1.95. The smallest absolute Gasteiger partial charge is 0.210 e. The van der Waals surface area contributed by atoms with E-state index in [0.29, 0.717) is 6.61 Å². The largest absolute Gasteiger partial charge is 0.396 e. The molecule has 0 radical (unpaired) electrons. The lowest BCUT2D eigenvalue weighted by atomic mass is 10.2. The second kappa shape index (κ2) is 6.92. The van der Waals surface area contributed by atoms with E-state index in [0.717, 1.165) is 25.8 Å². The van der Waals surface area contributed by atoms with E-state index < -0.39 is 0 Å². The third-order valence-electron chi connectivity index (χ3n) is 1.10. The Morgan fingerprint density at radius 2 is 2.00 bits per heavy atom. The molecule has 0 aliphatic carbocycles. The molecule has 0 heterocycles. The molecule has 0 rings (SSSR count). The van der Waals surface area contributed by atoms with Crippen LogP contribution in [0.15, 0.2) is 0 Å². The minimum Gasteiger partial charge on any atom is -0.396 e. The fourth-order valence-corrected chi connectivity index (χ4v) is 0.600. The first-order chi connectivity index (χ1) is 4.41. The maximum atomic E-state index is 6.36. The standard InChI is InChI=1S/C6H15NO/c7-5-3-1-2-4-6-8/h8H,1-7H2/i8D. The van der Waals surface area contributed by atoms with Gasteiger partial charge in [-0.1, -0.05) is 12.8 Å². The van der Waals surface area contributed by atoms with Gasteiger partial charge in [-0.2, -0.15) is 0 Å². The van der Waals surface area contributed by atoms with Crippen LogP contribution in [0.5, 0.6) is 0 Å². The van der Waals surface area contributed by atoms with Gasteiger partial charge < -0.3 is 10.8 Å². The molecule has 0 bridgehead atoms. The van der Waals surface area contributed by atoms with Crippen molar-refractivity contribution in [1.82, 2.24) is 0 Å². The third kappa shape index (κ3) is 5.92. The van der Waals surface area contributed by atoms with E-state index in [-0.39, 0.29) is 0 Å². The van der Waals surface area contributed by atoms with Crippen LogP contribution < -0.4 is 5.73 Å². The molecule has 0 saturated carbocycles. The second-order valence-electron chi connectivity index (χ2n) is 1.91. The van der Waals surface area contributed by atoms with Crippen LogP contribution in [0.2, 0.25) is 0 Å². The van der Waals surface area contributed by atoms with E-state index >= 15 is 0 Å². The molecule has 2 nitrogen and oxygen atoms in total. The van der Waals surface area contributed by atoms with E-state index in [2.05, 4.69) is 5.11 Å². The molecule has 0 aromatic rings. The van der Waals surface area contributed by atoms with E-state index in [9.17, 15) is 0 Å². The summed E-state index contributed by atoms with van der Waals surface area (Å²) in [5.41, 5.74) is 5.27. The number of nitrogens with two attached hydrogens (primary N) is 1. The van der Waals surface area contributed by atoms with E-state index in [1.54, 1.807) is 0 Å². The van der Waals surface area contributed by atoms with Crippen LogP contribution in [0.3, 0.4) is 0 Å². The predicted molar refractivity (Wildman–Crippen MR) is 34.6 cm³/mol. The van der Waals surface area contributed by atoms with Crippen LogP contribution in [0, 0.1) is 0 Å². The molecule has 0 spiro atoms. The number of hydrogen-bond donors (Lipinski definition) is 2. The third-order valence-corrected chi connectivity index (χ3v) is 1.10. The van der Waals surface area contributed by atoms with E-state index in [1.165, 1.54) is 6.42 Å². The topological polar surface area (TPSA) is 46.2 Å². The Morgan fingerprint density at radius 3 is 2.62 bits per heavy atom. The summed E-state index contributed by atoms with van der Waals surface area (Å²) in [5.74, 6) is 0. The van der Waals surface area contributed by atoms with Gasteiger partial charge in [-0.05, 0) is 19.4 Å². The number of aliphatic hydroxyl groups excluding tert-OH is 1. The van der Waals surface area contributed by atoms with Gasteiger partial charge in [0.1, 0.15) is 0 Å². The van der Waals surface area contributed by atoms with Gasteiger partial charge in [-0.25, -0.2) is 0 Å². The Morgan fingerprint density at radius 1 is 1.25 bits per heavy atom. The summed E-state index contributed by atoms with van der Waals surface area (Å²) >= 11 is 0. The molecule has 0 aliphatic heterocycles. The zero-order valence-corrected chi connectivity index (χ0v) is 5.23. The van der Waals surface area contributed by atoms with Gasteiger partial charge in [0.2, 0.25) is 1.43 Å². The highest BCUT2D eigenvalue weighted by molar-refractivity contribution is 4.41. The van der Waals surface area contributed by atoms with Crippen molar-refractivity contribution in [2.75, 3.05) is 13.2 Å². The van der Waals surface area contributed by atoms with Gasteiger partial charge in [-0.15, -0.1) is 0 Å². The molecule has 50 valence electrons. The summed E-state index contributed by atoms with van der Waals surface area (Å²) in [6.45, 7) is 1.34. The number of hydrogen-bond acceptors (Lipinski definition) is 2. The van der Waals surface area contributed by atoms with Gasteiger partial charge in [0, 0.05) is 6.61 Å². The van der Waals surface area contributed by atoms with Crippen molar-refractivity contribution in [1.29, 1.82) is 1.43 Å². The average molecular weight is 118 g/mol. The van der Waals surface area contributed by atoms with Gasteiger partial charge in [0.25, 0.3) is 0 Å². The van der Waals surface area contributed by atoms with Crippen molar-refractivity contribution in [2.24, 2.45) is 5.73 Å². The first kappa shape index (κ1) is 6.05. The molecule has 0 unspecified atom stereocenters. The van der Waals surface area contributed by atoms with E-state index in [4.69, 9.17) is 7.16 Å². The number of aliphatic hydroxyl groups is 1. The van der Waals surface area contributed by atoms with Crippen molar-refractivity contribution in [3.05, 3.63) is 0 Å². The zero-order chi connectivity index (χ0) is 6.95. The molecule has 0 aromatic heterocycles. The van der Waals surface area contributed by atoms with Crippen LogP contribution in [0.1, 0.15) is 25.7 Å². The fraction of sp³-hybridized carbons (Fsp3) is 1.00. The second-order valence-corrected chi connectivity index (χ2v) is 1.91. The SMILES string of the molecule is [2H]OCCCCCCN. The summed E-state index contributed by atoms with van der Waals surface area (Å²) in [4.78, 5) is 0. The van der Waals surface area contributed by atoms with E-state index in [1.807, 2.05) is 0 Å². The van der Waals surface area contributed by atoms with Crippen molar-refractivity contribution < 1.29 is 5.11 Å². The maximum Gasteiger partial charge on any atom is 0.210 e. The summed E-state index contributed by atoms with van der Waals surface area (Å²) in [5, 5.41) is 4.14. The van der Waals surface area contributed by atoms with Crippen molar-refractivity contribution >= 4 is 0 Å². The molecule has 2 heteroatoms. The Hall–Kier alpha value is -0.0800. The summed E-state index contributed by atoms with van der Waals surface area (Å²) < 4.78 is 6.36. The van der Waals surface area contributed by atoms with Crippen LogP contribution in [-0.4, -0.2) is 19.7 Å². The molecule has 0 amide bonds. The van der Waals surface area contributed by atoms with Gasteiger partial charge >= 0.3 is 0 Å². The first-order valence-electron chi connectivity index (χ1n) is 3.61. The molecular formula is C6H15NO. The Bertz CT molecular complexity index is 46.3. The van der Waals surface area contributed by atoms with Crippen LogP contribution in [0.25, 0.3) is 0 Å². The fourth-order valence-electron chi connectivity index (χ4n) is 0.600.